The van der Waals surface area contributed by atoms with Crippen LogP contribution in [0.4, 0.5) is 0 Å². The van der Waals surface area contributed by atoms with Crippen molar-refractivity contribution in [2.45, 2.75) is 17.8 Å². The van der Waals surface area contributed by atoms with E-state index in [-0.39, 0.29) is 10.9 Å². The summed E-state index contributed by atoms with van der Waals surface area (Å²) in [6, 6.07) is 0. The van der Waals surface area contributed by atoms with Gasteiger partial charge in [0.05, 0.1) is 0 Å². The van der Waals surface area contributed by atoms with Gasteiger partial charge in [0.15, 0.2) is 0 Å². The molecule has 4 heteroatoms. The summed E-state index contributed by atoms with van der Waals surface area (Å²) in [5.74, 6) is -0.290. The molecule has 1 rings (SSSR count). The van der Waals surface area contributed by atoms with Gasteiger partial charge in [-0.05, 0) is 25.9 Å². The lowest BCUT2D eigenvalue weighted by atomic mass is 10.4. The minimum absolute atomic E-state index is 0.255. The average Bonchev–Trinajstić information content (AvgIpc) is 2.36. The summed E-state index contributed by atoms with van der Waals surface area (Å²) < 4.78 is 0. The highest BCUT2D eigenvalue weighted by atomic mass is 79.9. The van der Waals surface area contributed by atoms with Crippen LogP contribution in [0.1, 0.15) is 12.8 Å². The van der Waals surface area contributed by atoms with E-state index in [9.17, 15) is 4.79 Å². The highest BCUT2D eigenvalue weighted by molar-refractivity contribution is 9.09. The number of nitrogens with zero attached hydrogens (tertiary/aromatic N) is 1. The van der Waals surface area contributed by atoms with Crippen LogP contribution in [0.25, 0.3) is 0 Å². The van der Waals surface area contributed by atoms with Crippen LogP contribution in [-0.2, 0) is 4.79 Å². The van der Waals surface area contributed by atoms with Crippen LogP contribution in [0, 0.1) is 0 Å². The lowest BCUT2D eigenvalue weighted by Crippen LogP contribution is -2.38. The van der Waals surface area contributed by atoms with E-state index in [1.54, 1.807) is 0 Å². The molecule has 1 fully saturated rings. The number of carbonyl (C=O) groups is 1. The molecule has 0 aromatic rings. The van der Waals surface area contributed by atoms with Crippen LogP contribution in [0.5, 0.6) is 0 Å². The van der Waals surface area contributed by atoms with Crippen LogP contribution in [0.3, 0.4) is 0 Å². The van der Waals surface area contributed by atoms with Gasteiger partial charge in [0.2, 0.25) is 5.91 Å². The van der Waals surface area contributed by atoms with Crippen molar-refractivity contribution >= 4 is 21.8 Å². The minimum atomic E-state index is -0.290. The van der Waals surface area contributed by atoms with Crippen molar-refractivity contribution in [1.82, 2.24) is 4.90 Å². The molecule has 0 aliphatic carbocycles. The van der Waals surface area contributed by atoms with E-state index in [0.717, 1.165) is 13.1 Å². The van der Waals surface area contributed by atoms with Crippen molar-refractivity contribution < 1.29 is 4.79 Å². The summed E-state index contributed by atoms with van der Waals surface area (Å²) in [5.41, 5.74) is 5.09. The molecular weight excluding hydrogens is 196 g/mol. The number of hydrogen-bond acceptors (Lipinski definition) is 2. The van der Waals surface area contributed by atoms with Crippen LogP contribution < -0.4 is 5.73 Å². The third kappa shape index (κ3) is 1.70. The second kappa shape index (κ2) is 3.34. The molecule has 1 saturated heterocycles. The van der Waals surface area contributed by atoms with Gasteiger partial charge in [-0.3, -0.25) is 9.69 Å². The van der Waals surface area contributed by atoms with Crippen molar-refractivity contribution in [2.75, 3.05) is 13.1 Å². The van der Waals surface area contributed by atoms with Crippen molar-refractivity contribution in [2.24, 2.45) is 5.73 Å². The quantitative estimate of drug-likeness (QED) is 0.522. The summed E-state index contributed by atoms with van der Waals surface area (Å²) in [7, 11) is 0. The second-order valence-electron chi connectivity index (χ2n) is 2.48. The number of hydrogen-bond donors (Lipinski definition) is 1. The largest absolute Gasteiger partial charge is 0.368 e. The molecule has 1 atom stereocenters. The molecule has 0 bridgehead atoms. The number of halogens is 1. The lowest BCUT2D eigenvalue weighted by molar-refractivity contribution is -0.119. The van der Waals surface area contributed by atoms with Gasteiger partial charge >= 0.3 is 0 Å². The first-order valence-corrected chi connectivity index (χ1v) is 4.31. The standard InChI is InChI=1S/C6H11BrN2O/c7-5(6(8)10)9-3-1-2-4-9/h5H,1-4H2,(H2,8,10). The summed E-state index contributed by atoms with van der Waals surface area (Å²) >= 11 is 3.22. The summed E-state index contributed by atoms with van der Waals surface area (Å²) in [5, 5.41) is 0. The lowest BCUT2D eigenvalue weighted by Gasteiger charge is -2.17. The van der Waals surface area contributed by atoms with Gasteiger partial charge in [-0.15, -0.1) is 0 Å². The molecule has 2 N–H and O–H groups in total. The molecule has 1 aliphatic heterocycles. The van der Waals surface area contributed by atoms with E-state index >= 15 is 0 Å². The van der Waals surface area contributed by atoms with Crippen molar-refractivity contribution in [1.29, 1.82) is 0 Å². The summed E-state index contributed by atoms with van der Waals surface area (Å²) in [6.45, 7) is 1.97. The predicted molar refractivity (Wildman–Crippen MR) is 42.7 cm³/mol. The fourth-order valence-electron chi connectivity index (χ4n) is 1.15. The third-order valence-electron chi connectivity index (χ3n) is 1.70. The van der Waals surface area contributed by atoms with Gasteiger partial charge in [-0.1, -0.05) is 15.9 Å². The molecule has 3 nitrogen and oxygen atoms in total. The SMILES string of the molecule is NC(=O)C(Br)N1CCCC1. The Labute approximate surface area is 68.7 Å². The van der Waals surface area contributed by atoms with E-state index in [1.807, 2.05) is 4.90 Å². The monoisotopic (exact) mass is 206 g/mol. The van der Waals surface area contributed by atoms with Crippen molar-refractivity contribution in [3.63, 3.8) is 0 Å². The Bertz CT molecular complexity index is 134. The Kier molecular flexibility index (Phi) is 2.68. The van der Waals surface area contributed by atoms with Crippen LogP contribution >= 0.6 is 15.9 Å². The third-order valence-corrected chi connectivity index (χ3v) is 2.73. The van der Waals surface area contributed by atoms with Gasteiger partial charge in [-0.2, -0.15) is 0 Å². The number of nitrogens with two attached hydrogens (primary N) is 1. The zero-order chi connectivity index (χ0) is 7.56. The van der Waals surface area contributed by atoms with E-state index < -0.39 is 0 Å². The molecule has 0 radical (unpaired) electrons. The Hall–Kier alpha value is -0.0900. The first-order chi connectivity index (χ1) is 4.72. The first kappa shape index (κ1) is 8.01. The molecular formula is C6H11BrN2O. The maximum Gasteiger partial charge on any atom is 0.245 e. The van der Waals surface area contributed by atoms with Crippen LogP contribution in [0.2, 0.25) is 0 Å². The minimum Gasteiger partial charge on any atom is -0.368 e. The number of rotatable bonds is 2. The fourth-order valence-corrected chi connectivity index (χ4v) is 1.56. The Balaban J connectivity index is 2.39. The topological polar surface area (TPSA) is 46.3 Å². The predicted octanol–water partition coefficient (Wildman–Crippen LogP) is 0.288. The number of carbonyl (C=O) groups excluding carboxylic acids is 1. The van der Waals surface area contributed by atoms with E-state index in [1.165, 1.54) is 12.8 Å². The fraction of sp³-hybridized carbons (Fsp3) is 0.833. The Morgan fingerprint density at radius 1 is 1.50 bits per heavy atom. The number of likely N-dealkylation sites (tertiary alicyclic amines) is 1. The van der Waals surface area contributed by atoms with Crippen LogP contribution in [-0.4, -0.2) is 28.8 Å². The highest BCUT2D eigenvalue weighted by Crippen LogP contribution is 2.14. The zero-order valence-corrected chi connectivity index (χ0v) is 7.30. The Morgan fingerprint density at radius 3 is 2.40 bits per heavy atom. The molecule has 1 unspecified atom stereocenters. The molecule has 0 saturated carbocycles. The smallest absolute Gasteiger partial charge is 0.245 e. The van der Waals surface area contributed by atoms with Gasteiger partial charge in [0.25, 0.3) is 0 Å². The summed E-state index contributed by atoms with van der Waals surface area (Å²) in [6.07, 6.45) is 2.35. The van der Waals surface area contributed by atoms with E-state index in [2.05, 4.69) is 15.9 Å². The van der Waals surface area contributed by atoms with Gasteiger partial charge in [0.1, 0.15) is 4.95 Å². The van der Waals surface area contributed by atoms with Gasteiger partial charge in [-0.25, -0.2) is 0 Å². The molecule has 1 amide bonds. The molecule has 10 heavy (non-hydrogen) atoms. The Morgan fingerprint density at radius 2 is 2.00 bits per heavy atom. The van der Waals surface area contributed by atoms with Crippen molar-refractivity contribution in [3.05, 3.63) is 0 Å². The summed E-state index contributed by atoms with van der Waals surface area (Å²) in [4.78, 5) is 12.4. The zero-order valence-electron chi connectivity index (χ0n) is 5.72. The van der Waals surface area contributed by atoms with Crippen LogP contribution in [0.15, 0.2) is 0 Å². The first-order valence-electron chi connectivity index (χ1n) is 3.39. The average molecular weight is 207 g/mol. The van der Waals surface area contributed by atoms with Gasteiger partial charge < -0.3 is 5.73 Å². The molecule has 0 spiro atoms. The number of amides is 1. The molecule has 58 valence electrons. The van der Waals surface area contributed by atoms with E-state index in [0.29, 0.717) is 0 Å². The number of alkyl halides is 1. The second-order valence-corrected chi connectivity index (χ2v) is 3.35. The molecule has 0 aromatic heterocycles. The van der Waals surface area contributed by atoms with Gasteiger partial charge in [0, 0.05) is 0 Å². The normalized spacial score (nSPS) is 22.9. The van der Waals surface area contributed by atoms with Crippen molar-refractivity contribution in [3.8, 4) is 0 Å². The molecule has 1 aliphatic rings. The van der Waals surface area contributed by atoms with E-state index in [4.69, 9.17) is 5.73 Å². The highest BCUT2D eigenvalue weighted by Gasteiger charge is 2.22. The molecule has 1 heterocycles. The maximum absolute atomic E-state index is 10.6. The number of primary amides is 1. The maximum atomic E-state index is 10.6. The molecule has 0 aromatic carbocycles.